The summed E-state index contributed by atoms with van der Waals surface area (Å²) in [6.45, 7) is 1.61. The number of carbonyl (C=O) groups is 2. The Labute approximate surface area is 124 Å². The lowest BCUT2D eigenvalue weighted by Gasteiger charge is -2.13. The van der Waals surface area contributed by atoms with Crippen molar-refractivity contribution >= 4 is 45.8 Å². The maximum atomic E-state index is 12.1. The maximum Gasteiger partial charge on any atom is 0.340 e. The van der Waals surface area contributed by atoms with E-state index in [1.54, 1.807) is 20.0 Å². The molecule has 0 unspecified atom stereocenters. The van der Waals surface area contributed by atoms with Crippen molar-refractivity contribution in [1.29, 1.82) is 0 Å². The van der Waals surface area contributed by atoms with Crippen LogP contribution in [0.15, 0.2) is 23.6 Å². The predicted molar refractivity (Wildman–Crippen MR) is 80.6 cm³/mol. The molecule has 1 amide bonds. The van der Waals surface area contributed by atoms with Crippen molar-refractivity contribution in [3.63, 3.8) is 0 Å². The van der Waals surface area contributed by atoms with E-state index < -0.39 is 5.97 Å². The van der Waals surface area contributed by atoms with Gasteiger partial charge in [0, 0.05) is 18.0 Å². The van der Waals surface area contributed by atoms with E-state index in [-0.39, 0.29) is 11.5 Å². The van der Waals surface area contributed by atoms with Crippen LogP contribution in [0, 0.1) is 6.92 Å². The van der Waals surface area contributed by atoms with Gasteiger partial charge in [-0.3, -0.25) is 4.79 Å². The monoisotopic (exact) mass is 308 g/mol. The van der Waals surface area contributed by atoms with Gasteiger partial charge in [-0.05, 0) is 36.0 Å². The van der Waals surface area contributed by atoms with Crippen LogP contribution in [0.3, 0.4) is 0 Å². The van der Waals surface area contributed by atoms with Crippen LogP contribution >= 0.6 is 22.9 Å². The normalized spacial score (nSPS) is 10.9. The number of aromatic carboxylic acids is 1. The van der Waals surface area contributed by atoms with E-state index in [2.05, 4.69) is 4.37 Å². The fraction of sp³-hybridized carbons (Fsp3) is 0.154. The van der Waals surface area contributed by atoms with Crippen molar-refractivity contribution in [2.75, 3.05) is 11.9 Å². The number of aryl methyl sites for hydroxylation is 1. The number of anilines is 1. The van der Waals surface area contributed by atoms with Crippen molar-refractivity contribution in [2.45, 2.75) is 6.92 Å². The van der Waals surface area contributed by atoms with E-state index in [0.717, 1.165) is 16.4 Å². The lowest BCUT2D eigenvalue weighted by Crippen LogP contribution is -2.24. The summed E-state index contributed by atoms with van der Waals surface area (Å²) in [7, 11) is 1.54. The van der Waals surface area contributed by atoms with Crippen molar-refractivity contribution in [3.05, 3.63) is 39.7 Å². The summed E-state index contributed by atoms with van der Waals surface area (Å²) in [4.78, 5) is 25.5. The first-order valence-corrected chi connectivity index (χ1v) is 7.35. The second kappa shape index (κ2) is 5.98. The number of carboxylic acid groups (broad SMARTS) is 1. The molecule has 2 rings (SSSR count). The SMILES string of the molecule is Cc1nsc(N(C)C(=O)C=Cc2cccs2)c1C(=O)O. The topological polar surface area (TPSA) is 70.5 Å². The molecule has 20 heavy (non-hydrogen) atoms. The molecule has 7 heteroatoms. The van der Waals surface area contributed by atoms with Gasteiger partial charge in [-0.1, -0.05) is 6.07 Å². The molecular weight excluding hydrogens is 296 g/mol. The van der Waals surface area contributed by atoms with Crippen LogP contribution in [-0.4, -0.2) is 28.4 Å². The van der Waals surface area contributed by atoms with Gasteiger partial charge in [0.15, 0.2) is 0 Å². The lowest BCUT2D eigenvalue weighted by atomic mass is 10.2. The maximum absolute atomic E-state index is 12.1. The molecule has 0 fully saturated rings. The molecular formula is C13H12N2O3S2. The van der Waals surface area contributed by atoms with E-state index >= 15 is 0 Å². The number of hydrogen-bond acceptors (Lipinski definition) is 5. The minimum atomic E-state index is -1.08. The standard InChI is InChI=1S/C13H12N2O3S2/c1-8-11(13(17)18)12(20-14-8)15(2)10(16)6-5-9-4-3-7-19-9/h3-7H,1-2H3,(H,17,18). The van der Waals surface area contributed by atoms with Gasteiger partial charge >= 0.3 is 5.97 Å². The summed E-state index contributed by atoms with van der Waals surface area (Å²) < 4.78 is 4.00. The Hall–Kier alpha value is -1.99. The molecule has 0 atom stereocenters. The minimum absolute atomic E-state index is 0.0790. The molecule has 1 N–H and O–H groups in total. The second-order valence-electron chi connectivity index (χ2n) is 4.00. The quantitative estimate of drug-likeness (QED) is 0.882. The minimum Gasteiger partial charge on any atom is -0.478 e. The number of rotatable bonds is 4. The van der Waals surface area contributed by atoms with Gasteiger partial charge < -0.3 is 10.0 Å². The van der Waals surface area contributed by atoms with Crippen LogP contribution in [0.25, 0.3) is 6.08 Å². The van der Waals surface area contributed by atoms with Crippen LogP contribution in [-0.2, 0) is 4.79 Å². The largest absolute Gasteiger partial charge is 0.478 e. The first-order valence-electron chi connectivity index (χ1n) is 5.69. The summed E-state index contributed by atoms with van der Waals surface area (Å²) >= 11 is 2.53. The number of carboxylic acids is 1. The molecule has 0 radical (unpaired) electrons. The highest BCUT2D eigenvalue weighted by Gasteiger charge is 2.22. The Balaban J connectivity index is 2.21. The zero-order valence-corrected chi connectivity index (χ0v) is 12.5. The first kappa shape index (κ1) is 14.4. The molecule has 0 spiro atoms. The molecule has 5 nitrogen and oxygen atoms in total. The fourth-order valence-corrected chi connectivity index (χ4v) is 3.06. The summed E-state index contributed by atoms with van der Waals surface area (Å²) in [6.07, 6.45) is 3.13. The Morgan fingerprint density at radius 1 is 1.45 bits per heavy atom. The van der Waals surface area contributed by atoms with Gasteiger partial charge in [0.2, 0.25) is 0 Å². The third kappa shape index (κ3) is 2.94. The third-order valence-corrected chi connectivity index (χ3v) is 4.48. The summed E-state index contributed by atoms with van der Waals surface area (Å²) in [5, 5.41) is 11.4. The number of carbonyl (C=O) groups excluding carboxylic acids is 1. The Morgan fingerprint density at radius 2 is 2.20 bits per heavy atom. The van der Waals surface area contributed by atoms with Crippen LogP contribution < -0.4 is 4.90 Å². The van der Waals surface area contributed by atoms with Crippen molar-refractivity contribution in [2.24, 2.45) is 0 Å². The lowest BCUT2D eigenvalue weighted by molar-refractivity contribution is -0.113. The smallest absolute Gasteiger partial charge is 0.340 e. The van der Waals surface area contributed by atoms with Crippen LogP contribution in [0.1, 0.15) is 20.9 Å². The third-order valence-electron chi connectivity index (χ3n) is 2.63. The molecule has 2 aromatic rings. The zero-order valence-electron chi connectivity index (χ0n) is 10.9. The van der Waals surface area contributed by atoms with E-state index in [0.29, 0.717) is 10.7 Å². The molecule has 2 heterocycles. The molecule has 104 valence electrons. The molecule has 0 aromatic carbocycles. The average Bonchev–Trinajstić information content (AvgIpc) is 3.03. The van der Waals surface area contributed by atoms with Crippen molar-refractivity contribution < 1.29 is 14.7 Å². The Morgan fingerprint density at radius 3 is 2.80 bits per heavy atom. The van der Waals surface area contributed by atoms with Crippen molar-refractivity contribution in [3.8, 4) is 0 Å². The second-order valence-corrected chi connectivity index (χ2v) is 5.73. The summed E-state index contributed by atoms with van der Waals surface area (Å²) in [5.41, 5.74) is 0.495. The highest BCUT2D eigenvalue weighted by Crippen LogP contribution is 2.28. The summed E-state index contributed by atoms with van der Waals surface area (Å²) in [6, 6.07) is 3.79. The average molecular weight is 308 g/mol. The zero-order chi connectivity index (χ0) is 14.7. The van der Waals surface area contributed by atoms with E-state index in [1.807, 2.05) is 17.5 Å². The van der Waals surface area contributed by atoms with Gasteiger partial charge in [-0.25, -0.2) is 4.79 Å². The number of amides is 1. The predicted octanol–water partition coefficient (Wildman–Crippen LogP) is 2.89. The number of thiophene rings is 1. The van der Waals surface area contributed by atoms with Crippen LogP contribution in [0.4, 0.5) is 5.00 Å². The highest BCUT2D eigenvalue weighted by molar-refractivity contribution is 7.11. The Bertz CT molecular complexity index is 659. The molecule has 0 saturated heterocycles. The molecule has 0 aliphatic carbocycles. The van der Waals surface area contributed by atoms with Gasteiger partial charge in [0.1, 0.15) is 10.6 Å². The van der Waals surface area contributed by atoms with Gasteiger partial charge in [-0.2, -0.15) is 4.37 Å². The van der Waals surface area contributed by atoms with Crippen molar-refractivity contribution in [1.82, 2.24) is 4.37 Å². The molecule has 0 aliphatic heterocycles. The van der Waals surface area contributed by atoms with E-state index in [4.69, 9.17) is 5.11 Å². The summed E-state index contributed by atoms with van der Waals surface area (Å²) in [5.74, 6) is -1.36. The molecule has 0 bridgehead atoms. The number of nitrogens with zero attached hydrogens (tertiary/aromatic N) is 2. The highest BCUT2D eigenvalue weighted by atomic mass is 32.1. The van der Waals surface area contributed by atoms with Crippen LogP contribution in [0.2, 0.25) is 0 Å². The molecule has 0 saturated carbocycles. The number of likely N-dealkylation sites (N-methyl/N-ethyl adjacent to an activating group) is 1. The van der Waals surface area contributed by atoms with E-state index in [1.165, 1.54) is 22.3 Å². The molecule has 2 aromatic heterocycles. The van der Waals surface area contributed by atoms with E-state index in [9.17, 15) is 9.59 Å². The van der Waals surface area contributed by atoms with Gasteiger partial charge in [-0.15, -0.1) is 11.3 Å². The number of aromatic nitrogens is 1. The van der Waals surface area contributed by atoms with Crippen LogP contribution in [0.5, 0.6) is 0 Å². The van der Waals surface area contributed by atoms with Gasteiger partial charge in [0.25, 0.3) is 5.91 Å². The molecule has 0 aliphatic rings. The Kier molecular flexibility index (Phi) is 4.31. The fourth-order valence-electron chi connectivity index (χ4n) is 1.58. The first-order chi connectivity index (χ1) is 9.50. The van der Waals surface area contributed by atoms with Gasteiger partial charge in [0.05, 0.1) is 5.69 Å². The number of hydrogen-bond donors (Lipinski definition) is 1.